The normalized spacial score (nSPS) is 18.3. The third-order valence-electron chi connectivity index (χ3n) is 2.22. The van der Waals surface area contributed by atoms with E-state index in [0.717, 1.165) is 12.8 Å². The lowest BCUT2D eigenvalue weighted by Crippen LogP contribution is -2.33. The second-order valence-electron chi connectivity index (χ2n) is 3.21. The van der Waals surface area contributed by atoms with Gasteiger partial charge in [0.05, 0.1) is 13.2 Å². The van der Waals surface area contributed by atoms with Crippen molar-refractivity contribution < 1.29 is 14.3 Å². The summed E-state index contributed by atoms with van der Waals surface area (Å²) in [6, 6.07) is 0. The molecule has 1 heterocycles. The van der Waals surface area contributed by atoms with Crippen LogP contribution in [0, 0.1) is 0 Å². The Bertz CT molecular complexity index is 166. The number of rotatable bonds is 2. The summed E-state index contributed by atoms with van der Waals surface area (Å²) in [7, 11) is 1.74. The molecule has 0 radical (unpaired) electrons. The first kappa shape index (κ1) is 10.3. The van der Waals surface area contributed by atoms with Gasteiger partial charge in [0.25, 0.3) is 0 Å². The van der Waals surface area contributed by atoms with Gasteiger partial charge in [0.1, 0.15) is 6.10 Å². The number of hydrogen-bond donors (Lipinski definition) is 0. The van der Waals surface area contributed by atoms with Gasteiger partial charge < -0.3 is 14.4 Å². The maximum atomic E-state index is 11.3. The molecule has 0 spiro atoms. The number of carbonyl (C=O) groups excluding carboxylic acids is 1. The smallest absolute Gasteiger partial charge is 0.409 e. The first-order valence-electron chi connectivity index (χ1n) is 4.73. The minimum atomic E-state index is -0.227. The van der Waals surface area contributed by atoms with Crippen LogP contribution in [-0.4, -0.2) is 43.9 Å². The Morgan fingerprint density at radius 2 is 2.15 bits per heavy atom. The molecule has 0 aromatic heterocycles. The van der Waals surface area contributed by atoms with Crippen molar-refractivity contribution in [2.45, 2.75) is 25.9 Å². The van der Waals surface area contributed by atoms with Crippen molar-refractivity contribution in [1.29, 1.82) is 0 Å². The molecular weight excluding hydrogens is 170 g/mol. The Morgan fingerprint density at radius 3 is 2.69 bits per heavy atom. The molecule has 1 saturated heterocycles. The van der Waals surface area contributed by atoms with Gasteiger partial charge in [-0.05, 0) is 6.92 Å². The highest BCUT2D eigenvalue weighted by atomic mass is 16.6. The quantitative estimate of drug-likeness (QED) is 0.653. The highest BCUT2D eigenvalue weighted by Gasteiger charge is 2.19. The van der Waals surface area contributed by atoms with Crippen LogP contribution in [-0.2, 0) is 9.47 Å². The first-order valence-corrected chi connectivity index (χ1v) is 4.73. The van der Waals surface area contributed by atoms with Gasteiger partial charge in [0.2, 0.25) is 0 Å². The van der Waals surface area contributed by atoms with Crippen LogP contribution in [0.5, 0.6) is 0 Å². The highest BCUT2D eigenvalue weighted by Crippen LogP contribution is 2.11. The number of carbonyl (C=O) groups is 1. The van der Waals surface area contributed by atoms with E-state index in [1.54, 1.807) is 11.9 Å². The molecule has 0 aromatic rings. The highest BCUT2D eigenvalue weighted by molar-refractivity contribution is 5.67. The Labute approximate surface area is 78.8 Å². The van der Waals surface area contributed by atoms with Crippen LogP contribution in [0.3, 0.4) is 0 Å². The van der Waals surface area contributed by atoms with Crippen molar-refractivity contribution in [2.75, 3.05) is 26.8 Å². The molecule has 1 rings (SSSR count). The molecule has 0 unspecified atom stereocenters. The maximum absolute atomic E-state index is 11.3. The van der Waals surface area contributed by atoms with E-state index in [4.69, 9.17) is 9.47 Å². The summed E-state index contributed by atoms with van der Waals surface area (Å²) >= 11 is 0. The van der Waals surface area contributed by atoms with Crippen LogP contribution in [0.4, 0.5) is 4.79 Å². The fourth-order valence-electron chi connectivity index (χ4n) is 1.16. The van der Waals surface area contributed by atoms with E-state index in [0.29, 0.717) is 19.8 Å². The van der Waals surface area contributed by atoms with Crippen molar-refractivity contribution in [3.8, 4) is 0 Å². The second-order valence-corrected chi connectivity index (χ2v) is 3.21. The first-order chi connectivity index (χ1) is 6.24. The number of nitrogens with zero attached hydrogens (tertiary/aromatic N) is 1. The fraction of sp³-hybridized carbons (Fsp3) is 0.889. The van der Waals surface area contributed by atoms with E-state index in [1.807, 2.05) is 6.92 Å². The van der Waals surface area contributed by atoms with Crippen LogP contribution in [0.15, 0.2) is 0 Å². The average Bonchev–Trinajstić information content (AvgIpc) is 2.18. The molecule has 0 aliphatic carbocycles. The Balaban J connectivity index is 2.26. The summed E-state index contributed by atoms with van der Waals surface area (Å²) in [6.45, 7) is 4.01. The Morgan fingerprint density at radius 1 is 1.54 bits per heavy atom. The number of ether oxygens (including phenoxy) is 2. The lowest BCUT2D eigenvalue weighted by atomic mass is 10.2. The topological polar surface area (TPSA) is 38.8 Å². The molecule has 4 nitrogen and oxygen atoms in total. The molecule has 0 saturated carbocycles. The molecule has 1 amide bonds. The molecule has 76 valence electrons. The van der Waals surface area contributed by atoms with E-state index in [-0.39, 0.29) is 12.2 Å². The van der Waals surface area contributed by atoms with Crippen molar-refractivity contribution in [3.63, 3.8) is 0 Å². The van der Waals surface area contributed by atoms with E-state index in [2.05, 4.69) is 0 Å². The van der Waals surface area contributed by atoms with E-state index in [9.17, 15) is 4.79 Å². The van der Waals surface area contributed by atoms with E-state index < -0.39 is 0 Å². The second kappa shape index (κ2) is 5.07. The summed E-state index contributed by atoms with van der Waals surface area (Å²) in [5.74, 6) is 0. The van der Waals surface area contributed by atoms with Gasteiger partial charge in [0.15, 0.2) is 0 Å². The zero-order valence-electron chi connectivity index (χ0n) is 8.28. The van der Waals surface area contributed by atoms with Crippen LogP contribution in [0.1, 0.15) is 19.8 Å². The summed E-state index contributed by atoms with van der Waals surface area (Å²) in [4.78, 5) is 12.9. The zero-order chi connectivity index (χ0) is 9.68. The average molecular weight is 187 g/mol. The number of hydrogen-bond acceptors (Lipinski definition) is 3. The summed E-state index contributed by atoms with van der Waals surface area (Å²) in [5.41, 5.74) is 0. The molecule has 13 heavy (non-hydrogen) atoms. The Kier molecular flexibility index (Phi) is 4.02. The van der Waals surface area contributed by atoms with Crippen molar-refractivity contribution in [2.24, 2.45) is 0 Å². The number of amides is 1. The van der Waals surface area contributed by atoms with Gasteiger partial charge in [-0.25, -0.2) is 4.79 Å². The summed E-state index contributed by atoms with van der Waals surface area (Å²) in [5, 5.41) is 0. The lowest BCUT2D eigenvalue weighted by molar-refractivity contribution is -0.00766. The van der Waals surface area contributed by atoms with E-state index >= 15 is 0 Å². The Hall–Kier alpha value is -0.770. The van der Waals surface area contributed by atoms with Crippen LogP contribution >= 0.6 is 0 Å². The maximum Gasteiger partial charge on any atom is 0.409 e. The van der Waals surface area contributed by atoms with Crippen LogP contribution in [0.25, 0.3) is 0 Å². The molecular formula is C9H17NO3. The third kappa shape index (κ3) is 3.22. The summed E-state index contributed by atoms with van der Waals surface area (Å²) in [6.07, 6.45) is 1.47. The van der Waals surface area contributed by atoms with Gasteiger partial charge in [0, 0.05) is 26.4 Å². The van der Waals surface area contributed by atoms with Gasteiger partial charge in [-0.3, -0.25) is 0 Å². The minimum Gasteiger partial charge on any atom is -0.446 e. The van der Waals surface area contributed by atoms with Gasteiger partial charge in [-0.15, -0.1) is 0 Å². The molecule has 0 aromatic carbocycles. The summed E-state index contributed by atoms with van der Waals surface area (Å²) < 4.78 is 10.4. The zero-order valence-corrected chi connectivity index (χ0v) is 8.28. The van der Waals surface area contributed by atoms with Gasteiger partial charge in [-0.2, -0.15) is 0 Å². The van der Waals surface area contributed by atoms with E-state index in [1.165, 1.54) is 0 Å². The standard InChI is InChI=1S/C9H17NO3/c1-3-10(2)9(11)13-8-4-6-12-7-5-8/h8H,3-7H2,1-2H3. The molecule has 1 aliphatic rings. The molecule has 0 bridgehead atoms. The molecule has 1 fully saturated rings. The monoisotopic (exact) mass is 187 g/mol. The minimum absolute atomic E-state index is 0.0512. The predicted molar refractivity (Wildman–Crippen MR) is 48.6 cm³/mol. The fourth-order valence-corrected chi connectivity index (χ4v) is 1.16. The molecule has 0 atom stereocenters. The van der Waals surface area contributed by atoms with Crippen molar-refractivity contribution >= 4 is 6.09 Å². The van der Waals surface area contributed by atoms with Crippen molar-refractivity contribution in [3.05, 3.63) is 0 Å². The SMILES string of the molecule is CCN(C)C(=O)OC1CCOCC1. The predicted octanol–water partition coefficient (Wildman–Crippen LogP) is 1.25. The molecule has 0 N–H and O–H groups in total. The molecule has 4 heteroatoms. The largest absolute Gasteiger partial charge is 0.446 e. The lowest BCUT2D eigenvalue weighted by Gasteiger charge is -2.24. The van der Waals surface area contributed by atoms with Gasteiger partial charge >= 0.3 is 6.09 Å². The van der Waals surface area contributed by atoms with Crippen LogP contribution in [0.2, 0.25) is 0 Å². The third-order valence-corrected chi connectivity index (χ3v) is 2.22. The van der Waals surface area contributed by atoms with Crippen molar-refractivity contribution in [1.82, 2.24) is 4.90 Å². The van der Waals surface area contributed by atoms with Crippen LogP contribution < -0.4 is 0 Å². The van der Waals surface area contributed by atoms with Gasteiger partial charge in [-0.1, -0.05) is 0 Å². The molecule has 1 aliphatic heterocycles.